The SMILES string of the molecule is CCCC1CCC(C2COC(c3cc(C)cc(C(F)(F)F)c3)(c3cc(C(F)(F)F)cc(C(F)(F)F)c3)OC2)CC1. The van der Waals surface area contributed by atoms with Gasteiger partial charge >= 0.3 is 18.5 Å². The van der Waals surface area contributed by atoms with Gasteiger partial charge in [-0.05, 0) is 61.9 Å². The number of benzene rings is 2. The maximum Gasteiger partial charge on any atom is 0.416 e. The molecule has 2 aromatic rings. The van der Waals surface area contributed by atoms with Gasteiger partial charge < -0.3 is 9.47 Å². The van der Waals surface area contributed by atoms with Crippen LogP contribution in [0, 0.1) is 24.7 Å². The van der Waals surface area contributed by atoms with E-state index in [4.69, 9.17) is 9.47 Å². The number of halogens is 9. The van der Waals surface area contributed by atoms with Crippen molar-refractivity contribution in [2.24, 2.45) is 17.8 Å². The number of hydrogen-bond donors (Lipinski definition) is 0. The largest absolute Gasteiger partial charge is 0.416 e. The highest BCUT2D eigenvalue weighted by Crippen LogP contribution is 2.47. The van der Waals surface area contributed by atoms with Crippen LogP contribution in [-0.4, -0.2) is 13.2 Å². The van der Waals surface area contributed by atoms with E-state index in [-0.39, 0.29) is 42.2 Å². The molecule has 2 nitrogen and oxygen atoms in total. The predicted molar refractivity (Wildman–Crippen MR) is 129 cm³/mol. The Bertz CT molecular complexity index is 1140. The molecule has 0 unspecified atom stereocenters. The Hall–Kier alpha value is -2.27. The van der Waals surface area contributed by atoms with Gasteiger partial charge in [-0.3, -0.25) is 0 Å². The summed E-state index contributed by atoms with van der Waals surface area (Å²) in [5, 5.41) is 0. The van der Waals surface area contributed by atoms with Gasteiger partial charge in [0.25, 0.3) is 0 Å². The molecule has 222 valence electrons. The molecule has 4 rings (SSSR count). The monoisotopic (exact) mass is 582 g/mol. The van der Waals surface area contributed by atoms with Gasteiger partial charge in [-0.1, -0.05) is 44.2 Å². The molecule has 11 heteroatoms. The van der Waals surface area contributed by atoms with Crippen LogP contribution in [0.3, 0.4) is 0 Å². The van der Waals surface area contributed by atoms with Crippen molar-refractivity contribution in [3.63, 3.8) is 0 Å². The Morgan fingerprint density at radius 2 is 1.10 bits per heavy atom. The minimum absolute atomic E-state index is 0.0328. The third-order valence-electron chi connectivity index (χ3n) is 8.01. The van der Waals surface area contributed by atoms with E-state index in [9.17, 15) is 39.5 Å². The summed E-state index contributed by atoms with van der Waals surface area (Å²) in [5.41, 5.74) is -5.23. The zero-order valence-corrected chi connectivity index (χ0v) is 22.1. The second-order valence-electron chi connectivity index (χ2n) is 10.9. The molecule has 2 aliphatic rings. The van der Waals surface area contributed by atoms with Crippen LogP contribution in [0.15, 0.2) is 36.4 Å². The number of alkyl halides is 9. The van der Waals surface area contributed by atoms with Crippen LogP contribution in [-0.2, 0) is 33.8 Å². The van der Waals surface area contributed by atoms with E-state index in [0.717, 1.165) is 44.6 Å². The molecule has 0 N–H and O–H groups in total. The Balaban J connectivity index is 1.79. The lowest BCUT2D eigenvalue weighted by atomic mass is 9.74. The summed E-state index contributed by atoms with van der Waals surface area (Å²) in [6, 6.07) is 3.62. The third kappa shape index (κ3) is 6.61. The van der Waals surface area contributed by atoms with E-state index in [1.54, 1.807) is 0 Å². The van der Waals surface area contributed by atoms with Gasteiger partial charge in [-0.15, -0.1) is 0 Å². The first-order valence-corrected chi connectivity index (χ1v) is 13.3. The first-order chi connectivity index (χ1) is 18.5. The summed E-state index contributed by atoms with van der Waals surface area (Å²) in [6.07, 6.45) is -9.21. The molecule has 0 amide bonds. The highest BCUT2D eigenvalue weighted by Gasteiger charge is 2.47. The summed E-state index contributed by atoms with van der Waals surface area (Å²) in [4.78, 5) is 0. The van der Waals surface area contributed by atoms with E-state index in [0.29, 0.717) is 24.1 Å². The molecular formula is C29H31F9O2. The molecule has 0 radical (unpaired) electrons. The fourth-order valence-corrected chi connectivity index (χ4v) is 5.95. The van der Waals surface area contributed by atoms with E-state index >= 15 is 0 Å². The van der Waals surface area contributed by atoms with Gasteiger partial charge in [0.2, 0.25) is 5.79 Å². The van der Waals surface area contributed by atoms with Crippen molar-refractivity contribution in [1.29, 1.82) is 0 Å². The molecule has 0 atom stereocenters. The van der Waals surface area contributed by atoms with Crippen molar-refractivity contribution < 1.29 is 49.0 Å². The maximum atomic E-state index is 13.7. The van der Waals surface area contributed by atoms with E-state index in [2.05, 4.69) is 6.92 Å². The van der Waals surface area contributed by atoms with Crippen molar-refractivity contribution in [3.05, 3.63) is 69.8 Å². The van der Waals surface area contributed by atoms with Crippen molar-refractivity contribution in [1.82, 2.24) is 0 Å². The summed E-state index contributed by atoms with van der Waals surface area (Å²) in [6.45, 7) is 3.29. The maximum absolute atomic E-state index is 13.7. The van der Waals surface area contributed by atoms with Crippen LogP contribution >= 0.6 is 0 Å². The molecule has 40 heavy (non-hydrogen) atoms. The Morgan fingerprint density at radius 3 is 1.55 bits per heavy atom. The summed E-state index contributed by atoms with van der Waals surface area (Å²) in [5.74, 6) is -1.83. The number of aryl methyl sites for hydroxylation is 1. The number of rotatable bonds is 5. The minimum atomic E-state index is -5.16. The zero-order valence-electron chi connectivity index (χ0n) is 22.1. The smallest absolute Gasteiger partial charge is 0.342 e. The molecule has 2 fully saturated rings. The summed E-state index contributed by atoms with van der Waals surface area (Å²) in [7, 11) is 0. The average Bonchev–Trinajstić information content (AvgIpc) is 2.87. The third-order valence-corrected chi connectivity index (χ3v) is 8.01. The van der Waals surface area contributed by atoms with Crippen LogP contribution in [0.1, 0.15) is 78.8 Å². The van der Waals surface area contributed by atoms with Gasteiger partial charge in [-0.2, -0.15) is 39.5 Å². The fraction of sp³-hybridized carbons (Fsp3) is 0.586. The van der Waals surface area contributed by atoms with Crippen LogP contribution in [0.25, 0.3) is 0 Å². The second kappa shape index (κ2) is 11.2. The predicted octanol–water partition coefficient (Wildman–Crippen LogP) is 9.52. The Labute approximate surface area is 226 Å². The van der Waals surface area contributed by atoms with Crippen LogP contribution in [0.5, 0.6) is 0 Å². The molecular weight excluding hydrogens is 551 g/mol. The van der Waals surface area contributed by atoms with Crippen molar-refractivity contribution in [3.8, 4) is 0 Å². The highest BCUT2D eigenvalue weighted by molar-refractivity contribution is 5.44. The van der Waals surface area contributed by atoms with Crippen LogP contribution in [0.4, 0.5) is 39.5 Å². The molecule has 0 bridgehead atoms. The molecule has 2 aromatic carbocycles. The summed E-state index contributed by atoms with van der Waals surface area (Å²) < 4.78 is 135. The quantitative estimate of drug-likeness (QED) is 0.327. The number of ether oxygens (including phenoxy) is 2. The molecule has 1 aliphatic carbocycles. The lowest BCUT2D eigenvalue weighted by Crippen LogP contribution is -2.45. The standard InChI is InChI=1S/C29H31F9O2/c1-3-4-18-5-7-19(8-6-18)20-15-39-26(40-16-20,21-9-17(2)10-23(11-21)27(30,31)32)22-12-24(28(33,34)35)14-25(13-22)29(36,37)38/h9-14,18-20H,3-8,15-16H2,1-2H3. The van der Waals surface area contributed by atoms with Gasteiger partial charge in [-0.25, -0.2) is 0 Å². The highest BCUT2D eigenvalue weighted by atomic mass is 19.4. The summed E-state index contributed by atoms with van der Waals surface area (Å²) >= 11 is 0. The molecule has 1 heterocycles. The van der Waals surface area contributed by atoms with E-state index in [1.165, 1.54) is 13.0 Å². The van der Waals surface area contributed by atoms with Crippen LogP contribution < -0.4 is 0 Å². The molecule has 1 saturated carbocycles. The topological polar surface area (TPSA) is 18.5 Å². The van der Waals surface area contributed by atoms with Crippen molar-refractivity contribution in [2.45, 2.75) is 76.7 Å². The van der Waals surface area contributed by atoms with E-state index < -0.39 is 46.6 Å². The number of hydrogen-bond acceptors (Lipinski definition) is 2. The normalized spacial score (nSPS) is 26.6. The lowest BCUT2D eigenvalue weighted by molar-refractivity contribution is -0.274. The first kappa shape index (κ1) is 30.7. The van der Waals surface area contributed by atoms with Gasteiger partial charge in [0.1, 0.15) is 0 Å². The minimum Gasteiger partial charge on any atom is -0.342 e. The molecule has 1 saturated heterocycles. The van der Waals surface area contributed by atoms with Gasteiger partial charge in [0, 0.05) is 17.0 Å². The molecule has 0 aromatic heterocycles. The lowest BCUT2D eigenvalue weighted by Gasteiger charge is -2.44. The van der Waals surface area contributed by atoms with Gasteiger partial charge in [0.15, 0.2) is 0 Å². The van der Waals surface area contributed by atoms with Crippen LogP contribution in [0.2, 0.25) is 0 Å². The Kier molecular flexibility index (Phi) is 8.58. The first-order valence-electron chi connectivity index (χ1n) is 13.3. The fourth-order valence-electron chi connectivity index (χ4n) is 5.95. The molecule has 1 aliphatic heterocycles. The zero-order chi connectivity index (χ0) is 29.5. The van der Waals surface area contributed by atoms with E-state index in [1.807, 2.05) is 0 Å². The van der Waals surface area contributed by atoms with Crippen molar-refractivity contribution in [2.75, 3.05) is 13.2 Å². The van der Waals surface area contributed by atoms with Crippen molar-refractivity contribution >= 4 is 0 Å². The van der Waals surface area contributed by atoms with Gasteiger partial charge in [0.05, 0.1) is 29.9 Å². The average molecular weight is 583 g/mol. The second-order valence-corrected chi connectivity index (χ2v) is 10.9. The molecule has 0 spiro atoms. The Morgan fingerprint density at radius 1 is 0.650 bits per heavy atom.